The Balaban J connectivity index is 3.22. The molecule has 0 spiro atoms. The minimum absolute atomic E-state index is 0.248. The van der Waals surface area contributed by atoms with Crippen LogP contribution in [0.25, 0.3) is 0 Å². The summed E-state index contributed by atoms with van der Waals surface area (Å²) in [7, 11) is 0. The molecule has 0 rings (SSSR count). The molecule has 0 saturated carbocycles. The summed E-state index contributed by atoms with van der Waals surface area (Å²) in [5.41, 5.74) is 0. The molecule has 2 nitrogen and oxygen atoms in total. The second kappa shape index (κ2) is 13.5. The molecule has 0 aliphatic carbocycles. The van der Waals surface area contributed by atoms with Gasteiger partial charge in [0.25, 0.3) is 0 Å². The Hall–Kier alpha value is -0.550. The van der Waals surface area contributed by atoms with Crippen molar-refractivity contribution in [1.82, 2.24) is 0 Å². The second-order valence-electron chi connectivity index (χ2n) is 5.01. The minimum Gasteiger partial charge on any atom is -0.396 e. The summed E-state index contributed by atoms with van der Waals surface area (Å²) in [4.78, 5) is 0. The fourth-order valence-corrected chi connectivity index (χ4v) is 2.16. The summed E-state index contributed by atoms with van der Waals surface area (Å²) in [6.07, 6.45) is 13.2. The molecule has 0 heterocycles. The van der Waals surface area contributed by atoms with Gasteiger partial charge in [0.1, 0.15) is 0 Å². The van der Waals surface area contributed by atoms with Crippen LogP contribution in [0.4, 0.5) is 0 Å². The van der Waals surface area contributed by atoms with Gasteiger partial charge >= 0.3 is 0 Å². The summed E-state index contributed by atoms with van der Waals surface area (Å²) < 4.78 is 0. The van der Waals surface area contributed by atoms with Gasteiger partial charge in [-0.25, -0.2) is 0 Å². The van der Waals surface area contributed by atoms with Crippen LogP contribution in [0.2, 0.25) is 0 Å². The standard InChI is InChI=1S/C15H29NO/c1-2-3-4-5-6-7-8-9-11-15(14-17)12-10-13-16/h15,17H,2-12,14H2,1H3. The number of hydrogen-bond acceptors (Lipinski definition) is 2. The van der Waals surface area contributed by atoms with Crippen LogP contribution in [0.15, 0.2) is 0 Å². The van der Waals surface area contributed by atoms with E-state index in [1.165, 1.54) is 51.4 Å². The summed E-state index contributed by atoms with van der Waals surface area (Å²) in [5, 5.41) is 17.6. The molecule has 2 heteroatoms. The van der Waals surface area contributed by atoms with Crippen molar-refractivity contribution in [3.63, 3.8) is 0 Å². The quantitative estimate of drug-likeness (QED) is 0.512. The van der Waals surface area contributed by atoms with Gasteiger partial charge in [0.05, 0.1) is 6.07 Å². The van der Waals surface area contributed by atoms with Crippen LogP contribution in [0, 0.1) is 17.2 Å². The molecule has 0 bridgehead atoms. The van der Waals surface area contributed by atoms with E-state index in [1.807, 2.05) is 0 Å². The molecule has 100 valence electrons. The smallest absolute Gasteiger partial charge is 0.0621 e. The maximum absolute atomic E-state index is 9.14. The van der Waals surface area contributed by atoms with E-state index in [0.29, 0.717) is 12.3 Å². The number of nitrogens with zero attached hydrogens (tertiary/aromatic N) is 1. The highest BCUT2D eigenvalue weighted by molar-refractivity contribution is 4.71. The third-order valence-corrected chi connectivity index (χ3v) is 3.39. The Labute approximate surface area is 107 Å². The van der Waals surface area contributed by atoms with E-state index in [-0.39, 0.29) is 6.61 Å². The number of unbranched alkanes of at least 4 members (excludes halogenated alkanes) is 7. The second-order valence-corrected chi connectivity index (χ2v) is 5.01. The molecule has 0 saturated heterocycles. The lowest BCUT2D eigenvalue weighted by Crippen LogP contribution is -2.05. The highest BCUT2D eigenvalue weighted by atomic mass is 16.3. The molecule has 17 heavy (non-hydrogen) atoms. The number of rotatable bonds is 12. The van der Waals surface area contributed by atoms with Crippen molar-refractivity contribution in [2.24, 2.45) is 5.92 Å². The Morgan fingerprint density at radius 2 is 1.53 bits per heavy atom. The van der Waals surface area contributed by atoms with Gasteiger partial charge in [-0.1, -0.05) is 58.3 Å². The predicted octanol–water partition coefficient (Wildman–Crippen LogP) is 4.43. The van der Waals surface area contributed by atoms with Crippen LogP contribution < -0.4 is 0 Å². The average molecular weight is 239 g/mol. The molecular weight excluding hydrogens is 210 g/mol. The zero-order chi connectivity index (χ0) is 12.8. The van der Waals surface area contributed by atoms with Crippen LogP contribution in [-0.4, -0.2) is 11.7 Å². The predicted molar refractivity (Wildman–Crippen MR) is 72.6 cm³/mol. The van der Waals surface area contributed by atoms with E-state index >= 15 is 0 Å². The molecule has 0 aliphatic rings. The third kappa shape index (κ3) is 11.7. The van der Waals surface area contributed by atoms with Crippen molar-refractivity contribution in [3.05, 3.63) is 0 Å². The van der Waals surface area contributed by atoms with Gasteiger partial charge in [-0.2, -0.15) is 5.26 Å². The van der Waals surface area contributed by atoms with Gasteiger partial charge in [-0.3, -0.25) is 0 Å². The van der Waals surface area contributed by atoms with Crippen molar-refractivity contribution in [2.45, 2.75) is 77.6 Å². The molecule has 0 amide bonds. The van der Waals surface area contributed by atoms with Crippen LogP contribution in [0.1, 0.15) is 77.6 Å². The molecule has 0 radical (unpaired) electrons. The van der Waals surface area contributed by atoms with Gasteiger partial charge in [0.15, 0.2) is 0 Å². The lowest BCUT2D eigenvalue weighted by molar-refractivity contribution is 0.208. The van der Waals surface area contributed by atoms with E-state index in [4.69, 9.17) is 10.4 Å². The zero-order valence-electron chi connectivity index (χ0n) is 11.5. The molecule has 1 N–H and O–H groups in total. The first kappa shape index (κ1) is 16.4. The van der Waals surface area contributed by atoms with Crippen molar-refractivity contribution < 1.29 is 5.11 Å². The lowest BCUT2D eigenvalue weighted by atomic mass is 9.96. The number of hydrogen-bond donors (Lipinski definition) is 1. The fraction of sp³-hybridized carbons (Fsp3) is 0.933. The van der Waals surface area contributed by atoms with Crippen molar-refractivity contribution in [2.75, 3.05) is 6.61 Å². The van der Waals surface area contributed by atoms with Crippen LogP contribution in [0.3, 0.4) is 0 Å². The Morgan fingerprint density at radius 1 is 0.941 bits per heavy atom. The summed E-state index contributed by atoms with van der Waals surface area (Å²) in [6.45, 7) is 2.49. The van der Waals surface area contributed by atoms with Crippen LogP contribution in [0.5, 0.6) is 0 Å². The minimum atomic E-state index is 0.248. The monoisotopic (exact) mass is 239 g/mol. The largest absolute Gasteiger partial charge is 0.396 e. The molecule has 1 atom stereocenters. The normalized spacial score (nSPS) is 12.3. The highest BCUT2D eigenvalue weighted by Crippen LogP contribution is 2.16. The first-order valence-corrected chi connectivity index (χ1v) is 7.33. The van der Waals surface area contributed by atoms with Gasteiger partial charge in [-0.15, -0.1) is 0 Å². The molecule has 0 aromatic heterocycles. The Bertz CT molecular complexity index is 186. The van der Waals surface area contributed by atoms with Gasteiger partial charge in [0, 0.05) is 13.0 Å². The molecule has 0 aromatic rings. The number of aliphatic hydroxyl groups excluding tert-OH is 1. The van der Waals surface area contributed by atoms with Crippen molar-refractivity contribution in [3.8, 4) is 6.07 Å². The highest BCUT2D eigenvalue weighted by Gasteiger charge is 2.06. The van der Waals surface area contributed by atoms with E-state index < -0.39 is 0 Å². The summed E-state index contributed by atoms with van der Waals surface area (Å²) in [6, 6.07) is 2.15. The zero-order valence-corrected chi connectivity index (χ0v) is 11.5. The van der Waals surface area contributed by atoms with Gasteiger partial charge in [0.2, 0.25) is 0 Å². The van der Waals surface area contributed by atoms with E-state index in [2.05, 4.69) is 13.0 Å². The van der Waals surface area contributed by atoms with Crippen LogP contribution >= 0.6 is 0 Å². The SMILES string of the molecule is CCCCCCCCCCC(CO)CCC#N. The summed E-state index contributed by atoms with van der Waals surface area (Å²) >= 11 is 0. The van der Waals surface area contributed by atoms with E-state index in [1.54, 1.807) is 0 Å². The van der Waals surface area contributed by atoms with Crippen molar-refractivity contribution in [1.29, 1.82) is 5.26 Å². The van der Waals surface area contributed by atoms with E-state index in [0.717, 1.165) is 12.8 Å². The molecular formula is C15H29NO. The molecule has 0 aromatic carbocycles. The van der Waals surface area contributed by atoms with Gasteiger partial charge in [-0.05, 0) is 18.8 Å². The number of aliphatic hydroxyl groups is 1. The van der Waals surface area contributed by atoms with Gasteiger partial charge < -0.3 is 5.11 Å². The van der Waals surface area contributed by atoms with E-state index in [9.17, 15) is 0 Å². The Morgan fingerprint density at radius 3 is 2.06 bits per heavy atom. The average Bonchev–Trinajstić information content (AvgIpc) is 2.36. The fourth-order valence-electron chi connectivity index (χ4n) is 2.16. The number of nitriles is 1. The topological polar surface area (TPSA) is 44.0 Å². The third-order valence-electron chi connectivity index (χ3n) is 3.39. The maximum Gasteiger partial charge on any atom is 0.0621 e. The maximum atomic E-state index is 9.14. The molecule has 0 fully saturated rings. The first-order chi connectivity index (χ1) is 8.35. The molecule has 1 unspecified atom stereocenters. The Kier molecular flexibility index (Phi) is 13.1. The first-order valence-electron chi connectivity index (χ1n) is 7.33. The lowest BCUT2D eigenvalue weighted by Gasteiger charge is -2.11. The summed E-state index contributed by atoms with van der Waals surface area (Å²) in [5.74, 6) is 0.356. The van der Waals surface area contributed by atoms with Crippen LogP contribution in [-0.2, 0) is 0 Å². The van der Waals surface area contributed by atoms with Crippen molar-refractivity contribution >= 4 is 0 Å². The molecule has 0 aliphatic heterocycles.